The van der Waals surface area contributed by atoms with Crippen LogP contribution in [0, 0.1) is 0 Å². The van der Waals surface area contributed by atoms with Gasteiger partial charge in [0.15, 0.2) is 16.8 Å². The summed E-state index contributed by atoms with van der Waals surface area (Å²) in [6.45, 7) is 0. The van der Waals surface area contributed by atoms with E-state index in [0.717, 1.165) is 71.8 Å². The van der Waals surface area contributed by atoms with Gasteiger partial charge in [0.25, 0.3) is 0 Å². The number of thioether (sulfide) groups is 1. The number of hydrogen-bond acceptors (Lipinski definition) is 21. The van der Waals surface area contributed by atoms with Crippen LogP contribution < -0.4 is 5.43 Å². The molecule has 0 spiro atoms. The number of carboxylic acids is 12. The number of rotatable bonds is 15. The van der Waals surface area contributed by atoms with Crippen LogP contribution >= 0.6 is 11.8 Å². The van der Waals surface area contributed by atoms with Crippen molar-refractivity contribution in [3.05, 3.63) is 207 Å². The molecule has 0 aromatic carbocycles. The highest BCUT2D eigenvalue weighted by atomic mass is 32.2. The average Bonchev–Trinajstić information content (AvgIpc) is 3.45. The first-order valence-corrected chi connectivity index (χ1v) is 22.3. The van der Waals surface area contributed by atoms with Gasteiger partial charge in [0.1, 0.15) is 34.8 Å². The first kappa shape index (κ1) is 68.5. The third-order valence-electron chi connectivity index (χ3n) is 8.19. The molecule has 0 amide bonds. The molecule has 34 heteroatoms. The highest BCUT2D eigenvalue weighted by molar-refractivity contribution is 8.00. The van der Waals surface area contributed by atoms with E-state index in [9.17, 15) is 62.3 Å². The molecular formula is C49H38N8O25S. The van der Waals surface area contributed by atoms with Gasteiger partial charge in [-0.05, 0) is 66.2 Å². The molecule has 33 nitrogen and oxygen atoms in total. The zero-order valence-electron chi connectivity index (χ0n) is 41.2. The Labute approximate surface area is 464 Å². The topological polar surface area (TPSA) is 571 Å². The van der Waals surface area contributed by atoms with E-state index in [0.29, 0.717) is 0 Å². The molecule has 0 saturated heterocycles. The molecule has 83 heavy (non-hydrogen) atoms. The van der Waals surface area contributed by atoms with Crippen LogP contribution in [0.15, 0.2) is 144 Å². The van der Waals surface area contributed by atoms with Gasteiger partial charge in [-0.25, -0.2) is 72.7 Å². The van der Waals surface area contributed by atoms with Crippen LogP contribution in [0.5, 0.6) is 0 Å². The molecule has 7 aromatic heterocycles. The number of aromatic amines is 1. The van der Waals surface area contributed by atoms with Crippen LogP contribution in [0.4, 0.5) is 0 Å². The van der Waals surface area contributed by atoms with Gasteiger partial charge in [0, 0.05) is 72.5 Å². The number of carbonyl (C=O) groups is 12. The third-order valence-corrected chi connectivity index (χ3v) is 9.19. The molecule has 7 rings (SSSR count). The molecule has 13 N–H and O–H groups in total. The van der Waals surface area contributed by atoms with Crippen molar-refractivity contribution in [3.63, 3.8) is 0 Å². The molecule has 0 radical (unpaired) electrons. The van der Waals surface area contributed by atoms with E-state index >= 15 is 0 Å². The molecular weight excluding hydrogens is 1130 g/mol. The molecule has 0 bridgehead atoms. The summed E-state index contributed by atoms with van der Waals surface area (Å²) in [6, 6.07) is 16.6. The number of nitrogens with zero attached hydrogens (tertiary/aromatic N) is 7. The van der Waals surface area contributed by atoms with E-state index in [1.54, 1.807) is 49.1 Å². The normalized spacial score (nSPS) is 9.49. The highest BCUT2D eigenvalue weighted by Gasteiger charge is 2.13. The van der Waals surface area contributed by atoms with E-state index in [1.165, 1.54) is 42.1 Å². The van der Waals surface area contributed by atoms with Gasteiger partial charge < -0.3 is 66.3 Å². The largest absolute Gasteiger partial charge is 0.481 e. The lowest BCUT2D eigenvalue weighted by Gasteiger charge is -1.96. The Balaban J connectivity index is 0.000000484. The molecule has 0 aliphatic heterocycles. The second-order valence-corrected chi connectivity index (χ2v) is 15.1. The first-order chi connectivity index (χ1) is 39.0. The van der Waals surface area contributed by atoms with Crippen molar-refractivity contribution in [2.45, 2.75) is 4.90 Å². The van der Waals surface area contributed by atoms with Gasteiger partial charge in [0.05, 0.1) is 22.4 Å². The molecule has 430 valence electrons. The maximum Gasteiger partial charge on any atom is 0.354 e. The van der Waals surface area contributed by atoms with Gasteiger partial charge in [-0.15, -0.1) is 11.8 Å². The van der Waals surface area contributed by atoms with Gasteiger partial charge in [-0.1, -0.05) is 6.07 Å². The van der Waals surface area contributed by atoms with Crippen LogP contribution in [-0.2, 0) is 9.59 Å². The summed E-state index contributed by atoms with van der Waals surface area (Å²) >= 11 is 1.29. The Morgan fingerprint density at radius 2 is 0.867 bits per heavy atom. The number of pyridine rings is 6. The third kappa shape index (κ3) is 28.5. The molecule has 0 atom stereocenters. The van der Waals surface area contributed by atoms with Crippen molar-refractivity contribution < 1.29 is 119 Å². The van der Waals surface area contributed by atoms with Crippen molar-refractivity contribution in [1.82, 2.24) is 39.9 Å². The molecule has 7 aromatic rings. The van der Waals surface area contributed by atoms with Gasteiger partial charge in [-0.3, -0.25) is 24.5 Å². The van der Waals surface area contributed by atoms with E-state index in [1.807, 2.05) is 0 Å². The molecule has 0 fully saturated rings. The van der Waals surface area contributed by atoms with E-state index in [4.69, 9.17) is 61.3 Å². The minimum absolute atomic E-state index is 0.0811. The molecule has 7 heterocycles. The number of carboxylic acid groups (broad SMARTS) is 12. The zero-order chi connectivity index (χ0) is 62.8. The van der Waals surface area contributed by atoms with Crippen molar-refractivity contribution in [2.24, 2.45) is 0 Å². The van der Waals surface area contributed by atoms with E-state index in [-0.39, 0.29) is 50.9 Å². The second-order valence-electron chi connectivity index (χ2n) is 14.1. The fourth-order valence-corrected chi connectivity index (χ4v) is 5.22. The Morgan fingerprint density at radius 3 is 1.27 bits per heavy atom. The monoisotopic (exact) mass is 1170 g/mol. The summed E-state index contributed by atoms with van der Waals surface area (Å²) in [7, 11) is 0. The predicted octanol–water partition coefficient (Wildman–Crippen LogP) is 3.52. The van der Waals surface area contributed by atoms with Crippen LogP contribution in [-0.4, -0.2) is 179 Å². The number of aliphatic carboxylic acids is 2. The molecule has 0 aliphatic carbocycles. The minimum Gasteiger partial charge on any atom is -0.481 e. The number of H-pyrrole nitrogens is 1. The average molecular weight is 1170 g/mol. The van der Waals surface area contributed by atoms with Crippen molar-refractivity contribution in [3.8, 4) is 0 Å². The van der Waals surface area contributed by atoms with E-state index in [2.05, 4.69) is 39.9 Å². The SMILES string of the molecule is O=C(O)/C=C/c1ccncc1.O=C(O)CSc1ccncc1.O=C(O)c1cc(=O)cc(C(=O)O)[nH]1.O=C(O)c1cc(C(=O)O)ncn1.O=C(O)c1cccc(C(=O)O)n1.O=C(O)c1ccnc(C(=O)O)c1.O=C(O)c1cncc(C(=O)O)c1. The van der Waals surface area contributed by atoms with Crippen molar-refractivity contribution >= 4 is 89.5 Å². The number of hydrogen-bond donors (Lipinski definition) is 13. The van der Waals surface area contributed by atoms with Gasteiger partial charge >= 0.3 is 71.6 Å². The number of aromatic carboxylic acids is 10. The van der Waals surface area contributed by atoms with Crippen LogP contribution in [0.3, 0.4) is 0 Å². The standard InChI is InChI=1S/C8H7NO2.C7H5NO5.3C7H5NO4.C7H7NO2S.C6H4N2O4/c10-8(11)2-1-7-3-5-9-6-4-7;9-3-1-4(6(10)11)8-5(2-3)7(12)13;9-6(10)4-1-5(7(11)12)3-8-2-4;9-6(10)4-1-2-8-5(3-4)7(11)12;9-6(10)4-2-1-3-5(8-4)7(11)12;9-7(10)5-11-6-1-3-8-4-2-6;9-5(10)3-1-4(6(11)12)8-2-7-3/h1-6H,(H,10,11);1-2H,(H,8,9)(H,10,11)(H,12,13);3*1-3H,(H,9,10)(H,11,12);1-4H,5H2,(H,9,10);1-2H,(H,9,10)(H,11,12)/b2-1+;;;;;;. The first-order valence-electron chi connectivity index (χ1n) is 21.4. The van der Waals surface area contributed by atoms with Crippen LogP contribution in [0.25, 0.3) is 6.08 Å². The molecule has 0 aliphatic rings. The summed E-state index contributed by atoms with van der Waals surface area (Å²) in [5.74, 6) is -14.2. The summed E-state index contributed by atoms with van der Waals surface area (Å²) < 4.78 is 0. The molecule has 0 unspecified atom stereocenters. The molecule has 0 saturated carbocycles. The van der Waals surface area contributed by atoms with Gasteiger partial charge in [-0.2, -0.15) is 0 Å². The quantitative estimate of drug-likeness (QED) is 0.0516. The fourth-order valence-electron chi connectivity index (χ4n) is 4.61. The Hall–Kier alpha value is -12.5. The van der Waals surface area contributed by atoms with Crippen molar-refractivity contribution in [1.29, 1.82) is 0 Å². The highest BCUT2D eigenvalue weighted by Crippen LogP contribution is 2.15. The smallest absolute Gasteiger partial charge is 0.354 e. The fraction of sp³-hybridized carbons (Fsp3) is 0.0204. The maximum atomic E-state index is 10.8. The van der Waals surface area contributed by atoms with Gasteiger partial charge in [0.2, 0.25) is 0 Å². The summed E-state index contributed by atoms with van der Waals surface area (Å²) in [5.41, 5.74) is -2.51. The van der Waals surface area contributed by atoms with Crippen LogP contribution in [0.1, 0.15) is 110 Å². The summed E-state index contributed by atoms with van der Waals surface area (Å²) in [5, 5.41) is 101. The minimum atomic E-state index is -1.37. The Kier molecular flexibility index (Phi) is 29.5. The number of nitrogens with one attached hydrogen (secondary N) is 1. The zero-order valence-corrected chi connectivity index (χ0v) is 42.0. The second kappa shape index (κ2) is 35.8. The van der Waals surface area contributed by atoms with E-state index < -0.39 is 88.4 Å². The Bertz CT molecular complexity index is 3140. The Morgan fingerprint density at radius 1 is 0.434 bits per heavy atom. The van der Waals surface area contributed by atoms with Crippen molar-refractivity contribution in [2.75, 3.05) is 5.75 Å². The number of aromatic nitrogens is 8. The maximum absolute atomic E-state index is 10.8. The lowest BCUT2D eigenvalue weighted by molar-refractivity contribution is -0.134. The lowest BCUT2D eigenvalue weighted by atomic mass is 10.2. The van der Waals surface area contributed by atoms with Crippen LogP contribution in [0.2, 0.25) is 0 Å². The predicted molar refractivity (Wildman–Crippen MR) is 275 cm³/mol. The summed E-state index contributed by atoms with van der Waals surface area (Å²) in [4.78, 5) is 162. The summed E-state index contributed by atoms with van der Waals surface area (Å²) in [6.07, 6.45) is 13.3. The lowest BCUT2D eigenvalue weighted by Crippen LogP contribution is -2.13.